The molecule has 2 N–H and O–H groups in total. The van der Waals surface area contributed by atoms with Gasteiger partial charge in [-0.15, -0.1) is 0 Å². The van der Waals surface area contributed by atoms with E-state index in [0.29, 0.717) is 12.1 Å². The lowest BCUT2D eigenvalue weighted by molar-refractivity contribution is -0.123. The normalized spacial score (nSPS) is 11.3. The highest BCUT2D eigenvalue weighted by Gasteiger charge is 2.23. The highest BCUT2D eigenvalue weighted by Crippen LogP contribution is 2.15. The number of carbonyl (C=O) groups excluding carboxylic acids is 2. The van der Waals surface area contributed by atoms with Gasteiger partial charge in [0.1, 0.15) is 11.8 Å². The van der Waals surface area contributed by atoms with Gasteiger partial charge < -0.3 is 15.4 Å². The lowest BCUT2D eigenvalue weighted by Crippen LogP contribution is -2.40. The van der Waals surface area contributed by atoms with Crippen LogP contribution in [0, 0.1) is 0 Å². The molecule has 28 heavy (non-hydrogen) atoms. The molecule has 5 heteroatoms. The molecule has 0 aliphatic heterocycles. The van der Waals surface area contributed by atoms with E-state index in [1.165, 1.54) is 0 Å². The van der Waals surface area contributed by atoms with Gasteiger partial charge in [-0.1, -0.05) is 60.7 Å². The van der Waals surface area contributed by atoms with Crippen molar-refractivity contribution in [1.29, 1.82) is 0 Å². The molecule has 0 saturated heterocycles. The molecule has 0 spiro atoms. The fourth-order valence-electron chi connectivity index (χ4n) is 2.78. The minimum absolute atomic E-state index is 0.272. The number of hydrogen-bond acceptors (Lipinski definition) is 3. The van der Waals surface area contributed by atoms with Gasteiger partial charge in [0.25, 0.3) is 5.91 Å². The summed E-state index contributed by atoms with van der Waals surface area (Å²) in [5.41, 5.74) is 2.17. The zero-order valence-electron chi connectivity index (χ0n) is 15.6. The minimum Gasteiger partial charge on any atom is -0.497 e. The van der Waals surface area contributed by atoms with Crippen LogP contribution in [0.25, 0.3) is 0 Å². The van der Waals surface area contributed by atoms with E-state index in [1.54, 1.807) is 31.4 Å². The zero-order valence-corrected chi connectivity index (χ0v) is 15.6. The summed E-state index contributed by atoms with van der Waals surface area (Å²) in [6.45, 7) is 0.355. The van der Waals surface area contributed by atoms with Crippen molar-refractivity contribution in [2.75, 3.05) is 7.11 Å². The van der Waals surface area contributed by atoms with Crippen molar-refractivity contribution >= 4 is 11.8 Å². The molecule has 1 unspecified atom stereocenters. The maximum absolute atomic E-state index is 12.9. The fraction of sp³-hybridized carbons (Fsp3) is 0.130. The van der Waals surface area contributed by atoms with Gasteiger partial charge >= 0.3 is 0 Å². The summed E-state index contributed by atoms with van der Waals surface area (Å²) in [6, 6.07) is 24.7. The van der Waals surface area contributed by atoms with Crippen LogP contribution in [0.15, 0.2) is 84.9 Å². The molecule has 2 amide bonds. The molecule has 3 rings (SSSR count). The highest BCUT2D eigenvalue weighted by molar-refractivity contribution is 5.97. The number of ether oxygens (including phenoxy) is 1. The number of carbonyl (C=O) groups is 2. The second-order valence-electron chi connectivity index (χ2n) is 6.25. The maximum Gasteiger partial charge on any atom is 0.252 e. The molecule has 1 atom stereocenters. The summed E-state index contributed by atoms with van der Waals surface area (Å²) in [6.07, 6.45) is 0. The van der Waals surface area contributed by atoms with Crippen molar-refractivity contribution in [1.82, 2.24) is 10.6 Å². The SMILES string of the molecule is COc1ccc(CNC(=O)C(NC(=O)c2ccccc2)c2ccccc2)cc1. The molecule has 0 saturated carbocycles. The molecule has 142 valence electrons. The van der Waals surface area contributed by atoms with Gasteiger partial charge in [0.2, 0.25) is 5.91 Å². The first kappa shape index (κ1) is 19.2. The molecule has 0 bridgehead atoms. The topological polar surface area (TPSA) is 67.4 Å². The van der Waals surface area contributed by atoms with Crippen molar-refractivity contribution in [2.24, 2.45) is 0 Å². The predicted octanol–water partition coefficient (Wildman–Crippen LogP) is 3.48. The van der Waals surface area contributed by atoms with Gasteiger partial charge in [0.05, 0.1) is 7.11 Å². The Balaban J connectivity index is 1.72. The van der Waals surface area contributed by atoms with Gasteiger partial charge in [-0.3, -0.25) is 9.59 Å². The molecule has 0 aliphatic rings. The van der Waals surface area contributed by atoms with Gasteiger partial charge in [-0.05, 0) is 35.4 Å². The monoisotopic (exact) mass is 374 g/mol. The standard InChI is InChI=1S/C23H22N2O3/c1-28-20-14-12-17(13-15-20)16-24-23(27)21(18-8-4-2-5-9-18)25-22(26)19-10-6-3-7-11-19/h2-15,21H,16H2,1H3,(H,24,27)(H,25,26). The van der Waals surface area contributed by atoms with Crippen LogP contribution in [0.1, 0.15) is 27.5 Å². The Morgan fingerprint density at radius 1 is 0.857 bits per heavy atom. The van der Waals surface area contributed by atoms with Gasteiger partial charge in [0, 0.05) is 12.1 Å². The third-order valence-corrected chi connectivity index (χ3v) is 4.33. The summed E-state index contributed by atoms with van der Waals surface area (Å²) in [4.78, 5) is 25.4. The summed E-state index contributed by atoms with van der Waals surface area (Å²) >= 11 is 0. The van der Waals surface area contributed by atoms with Crippen LogP contribution in [-0.4, -0.2) is 18.9 Å². The van der Waals surface area contributed by atoms with Crippen LogP contribution in [-0.2, 0) is 11.3 Å². The zero-order chi connectivity index (χ0) is 19.8. The van der Waals surface area contributed by atoms with E-state index in [4.69, 9.17) is 4.74 Å². The van der Waals surface area contributed by atoms with Crippen molar-refractivity contribution in [2.45, 2.75) is 12.6 Å². The maximum atomic E-state index is 12.9. The molecule has 0 aromatic heterocycles. The van der Waals surface area contributed by atoms with Crippen LogP contribution in [0.4, 0.5) is 0 Å². The quantitative estimate of drug-likeness (QED) is 0.665. The smallest absolute Gasteiger partial charge is 0.252 e. The average molecular weight is 374 g/mol. The van der Waals surface area contributed by atoms with Crippen LogP contribution in [0.3, 0.4) is 0 Å². The van der Waals surface area contributed by atoms with E-state index in [0.717, 1.165) is 16.9 Å². The number of rotatable bonds is 7. The molecule has 0 heterocycles. The Hall–Kier alpha value is -3.60. The number of amides is 2. The van der Waals surface area contributed by atoms with Crippen LogP contribution >= 0.6 is 0 Å². The Kier molecular flexibility index (Phi) is 6.41. The number of benzene rings is 3. The highest BCUT2D eigenvalue weighted by atomic mass is 16.5. The van der Waals surface area contributed by atoms with Crippen molar-refractivity contribution in [3.63, 3.8) is 0 Å². The van der Waals surface area contributed by atoms with Gasteiger partial charge in [0.15, 0.2) is 0 Å². The van der Waals surface area contributed by atoms with E-state index >= 15 is 0 Å². The van der Waals surface area contributed by atoms with E-state index in [2.05, 4.69) is 10.6 Å². The third kappa shape index (κ3) is 4.98. The molecule has 5 nitrogen and oxygen atoms in total. The molecule has 3 aromatic rings. The Labute approximate surface area is 164 Å². The first-order valence-corrected chi connectivity index (χ1v) is 8.99. The second-order valence-corrected chi connectivity index (χ2v) is 6.25. The molecule has 3 aromatic carbocycles. The lowest BCUT2D eigenvalue weighted by atomic mass is 10.0. The van der Waals surface area contributed by atoms with Crippen LogP contribution in [0.2, 0.25) is 0 Å². The van der Waals surface area contributed by atoms with Crippen molar-refractivity contribution < 1.29 is 14.3 Å². The number of methoxy groups -OCH3 is 1. The molecular weight excluding hydrogens is 352 g/mol. The van der Waals surface area contributed by atoms with E-state index in [-0.39, 0.29) is 11.8 Å². The second kappa shape index (κ2) is 9.37. The van der Waals surface area contributed by atoms with E-state index in [1.807, 2.05) is 60.7 Å². The summed E-state index contributed by atoms with van der Waals surface area (Å²) in [5, 5.41) is 5.73. The van der Waals surface area contributed by atoms with Gasteiger partial charge in [-0.2, -0.15) is 0 Å². The lowest BCUT2D eigenvalue weighted by Gasteiger charge is -2.19. The number of hydrogen-bond donors (Lipinski definition) is 2. The molecule has 0 fully saturated rings. The Morgan fingerprint density at radius 2 is 1.46 bits per heavy atom. The summed E-state index contributed by atoms with van der Waals surface area (Å²) in [7, 11) is 1.61. The Morgan fingerprint density at radius 3 is 2.07 bits per heavy atom. The predicted molar refractivity (Wildman–Crippen MR) is 108 cm³/mol. The van der Waals surface area contributed by atoms with Crippen molar-refractivity contribution in [3.8, 4) is 5.75 Å². The van der Waals surface area contributed by atoms with E-state index in [9.17, 15) is 9.59 Å². The van der Waals surface area contributed by atoms with E-state index < -0.39 is 6.04 Å². The van der Waals surface area contributed by atoms with Crippen LogP contribution < -0.4 is 15.4 Å². The number of nitrogens with one attached hydrogen (secondary N) is 2. The average Bonchev–Trinajstić information content (AvgIpc) is 2.77. The first-order chi connectivity index (χ1) is 13.7. The molecule has 0 aliphatic carbocycles. The summed E-state index contributed by atoms with van der Waals surface area (Å²) in [5.74, 6) is 0.188. The first-order valence-electron chi connectivity index (χ1n) is 8.99. The molecular formula is C23H22N2O3. The minimum atomic E-state index is -0.785. The van der Waals surface area contributed by atoms with Gasteiger partial charge in [-0.25, -0.2) is 0 Å². The Bertz CT molecular complexity index is 910. The largest absolute Gasteiger partial charge is 0.497 e. The molecule has 0 radical (unpaired) electrons. The fourth-order valence-corrected chi connectivity index (χ4v) is 2.78. The van der Waals surface area contributed by atoms with Crippen molar-refractivity contribution in [3.05, 3.63) is 102 Å². The van der Waals surface area contributed by atoms with Crippen LogP contribution in [0.5, 0.6) is 5.75 Å². The third-order valence-electron chi connectivity index (χ3n) is 4.33. The summed E-state index contributed by atoms with van der Waals surface area (Å²) < 4.78 is 5.14.